The summed E-state index contributed by atoms with van der Waals surface area (Å²) in [5.41, 5.74) is 1.49. The molecule has 1 aromatic carbocycles. The highest BCUT2D eigenvalue weighted by molar-refractivity contribution is 5.56. The molecule has 7 heteroatoms. The summed E-state index contributed by atoms with van der Waals surface area (Å²) in [6.45, 7) is 6.19. The van der Waals surface area contributed by atoms with Crippen molar-refractivity contribution in [3.8, 4) is 28.7 Å². The molecule has 7 nitrogen and oxygen atoms in total. The maximum absolute atomic E-state index is 5.43. The fraction of sp³-hybridized carbons (Fsp3) is 0.312. The van der Waals surface area contributed by atoms with Crippen LogP contribution in [0, 0.1) is 6.92 Å². The summed E-state index contributed by atoms with van der Waals surface area (Å²) >= 11 is 0. The first-order valence-electron chi connectivity index (χ1n) is 7.42. The molecule has 0 spiro atoms. The first-order chi connectivity index (χ1) is 11.1. The molecule has 0 bridgehead atoms. The molecule has 1 aliphatic rings. The summed E-state index contributed by atoms with van der Waals surface area (Å²) in [5, 5.41) is 8.59. The molecular formula is C16H16N4O3. The Kier molecular flexibility index (Phi) is 3.07. The van der Waals surface area contributed by atoms with E-state index in [0.717, 1.165) is 17.2 Å². The Morgan fingerprint density at radius 1 is 1.13 bits per heavy atom. The zero-order valence-corrected chi connectivity index (χ0v) is 13.1. The van der Waals surface area contributed by atoms with Gasteiger partial charge in [0.15, 0.2) is 23.0 Å². The summed E-state index contributed by atoms with van der Waals surface area (Å²) < 4.78 is 17.9. The first kappa shape index (κ1) is 13.8. The highest BCUT2D eigenvalue weighted by Gasteiger charge is 2.20. The predicted molar refractivity (Wildman–Crippen MR) is 81.8 cm³/mol. The van der Waals surface area contributed by atoms with Gasteiger partial charge in [-0.1, -0.05) is 19.0 Å². The van der Waals surface area contributed by atoms with E-state index in [-0.39, 0.29) is 12.7 Å². The topological polar surface area (TPSA) is 75.2 Å². The van der Waals surface area contributed by atoms with Crippen LogP contribution in [0.1, 0.15) is 31.4 Å². The largest absolute Gasteiger partial charge is 0.454 e. The number of benzene rings is 1. The smallest absolute Gasteiger partial charge is 0.231 e. The minimum Gasteiger partial charge on any atom is -0.454 e. The van der Waals surface area contributed by atoms with Crippen LogP contribution < -0.4 is 9.47 Å². The molecule has 0 aliphatic carbocycles. The van der Waals surface area contributed by atoms with Crippen molar-refractivity contribution in [1.82, 2.24) is 19.9 Å². The number of hydrogen-bond donors (Lipinski definition) is 0. The standard InChI is InChI=1S/C16H16N4O3/c1-9(2)14-7-12(19-23-14)16-17-10(3)18-20(16)11-4-5-13-15(6-11)22-8-21-13/h4-7,9H,8H2,1-3H3. The van der Waals surface area contributed by atoms with E-state index >= 15 is 0 Å². The maximum atomic E-state index is 5.43. The van der Waals surface area contributed by atoms with Crippen LogP contribution in [0.15, 0.2) is 28.8 Å². The zero-order valence-electron chi connectivity index (χ0n) is 13.1. The van der Waals surface area contributed by atoms with Gasteiger partial charge in [0.1, 0.15) is 11.6 Å². The molecule has 23 heavy (non-hydrogen) atoms. The van der Waals surface area contributed by atoms with E-state index in [4.69, 9.17) is 14.0 Å². The molecule has 3 aromatic rings. The summed E-state index contributed by atoms with van der Waals surface area (Å²) in [5.74, 6) is 3.81. The highest BCUT2D eigenvalue weighted by atomic mass is 16.7. The lowest BCUT2D eigenvalue weighted by atomic mass is 10.1. The van der Waals surface area contributed by atoms with Crippen LogP contribution in [-0.2, 0) is 0 Å². The van der Waals surface area contributed by atoms with E-state index in [1.54, 1.807) is 4.68 Å². The van der Waals surface area contributed by atoms with Crippen molar-refractivity contribution in [2.45, 2.75) is 26.7 Å². The Bertz CT molecular complexity index is 866. The molecule has 0 N–H and O–H groups in total. The van der Waals surface area contributed by atoms with E-state index in [2.05, 4.69) is 29.1 Å². The van der Waals surface area contributed by atoms with Crippen LogP contribution in [-0.4, -0.2) is 26.7 Å². The van der Waals surface area contributed by atoms with Crippen molar-refractivity contribution in [2.75, 3.05) is 6.79 Å². The van der Waals surface area contributed by atoms with Gasteiger partial charge in [-0.25, -0.2) is 9.67 Å². The molecule has 3 heterocycles. The van der Waals surface area contributed by atoms with E-state index in [1.807, 2.05) is 31.2 Å². The molecule has 0 atom stereocenters. The monoisotopic (exact) mass is 312 g/mol. The molecule has 0 unspecified atom stereocenters. The van der Waals surface area contributed by atoms with Gasteiger partial charge >= 0.3 is 0 Å². The second-order valence-electron chi connectivity index (χ2n) is 5.70. The van der Waals surface area contributed by atoms with Gasteiger partial charge in [0, 0.05) is 18.1 Å². The van der Waals surface area contributed by atoms with Crippen molar-refractivity contribution in [2.24, 2.45) is 0 Å². The molecule has 1 aliphatic heterocycles. The highest BCUT2D eigenvalue weighted by Crippen LogP contribution is 2.34. The summed E-state index contributed by atoms with van der Waals surface area (Å²) in [6, 6.07) is 7.55. The van der Waals surface area contributed by atoms with Gasteiger partial charge in [-0.05, 0) is 19.1 Å². The van der Waals surface area contributed by atoms with E-state index < -0.39 is 0 Å². The Hall–Kier alpha value is -2.83. The number of ether oxygens (including phenoxy) is 2. The Morgan fingerprint density at radius 2 is 1.96 bits per heavy atom. The lowest BCUT2D eigenvalue weighted by Gasteiger charge is -2.05. The van der Waals surface area contributed by atoms with E-state index in [1.165, 1.54) is 0 Å². The van der Waals surface area contributed by atoms with Gasteiger partial charge in [0.2, 0.25) is 6.79 Å². The van der Waals surface area contributed by atoms with Crippen molar-refractivity contribution >= 4 is 0 Å². The summed E-state index contributed by atoms with van der Waals surface area (Å²) in [7, 11) is 0. The molecule has 2 aromatic heterocycles. The number of fused-ring (bicyclic) bond motifs is 1. The lowest BCUT2D eigenvalue weighted by Crippen LogP contribution is -2.00. The Balaban J connectivity index is 1.80. The molecule has 0 amide bonds. The van der Waals surface area contributed by atoms with Crippen molar-refractivity contribution in [3.63, 3.8) is 0 Å². The molecule has 4 rings (SSSR count). The fourth-order valence-electron chi connectivity index (χ4n) is 2.44. The quantitative estimate of drug-likeness (QED) is 0.740. The third kappa shape index (κ3) is 2.34. The summed E-state index contributed by atoms with van der Waals surface area (Å²) in [6.07, 6.45) is 0. The number of aromatic nitrogens is 4. The van der Waals surface area contributed by atoms with Gasteiger partial charge < -0.3 is 14.0 Å². The SMILES string of the molecule is Cc1nc(-c2cc(C(C)C)on2)n(-c2ccc3c(c2)OCO3)n1. The third-order valence-corrected chi connectivity index (χ3v) is 3.64. The van der Waals surface area contributed by atoms with Crippen LogP contribution in [0.4, 0.5) is 0 Å². The minimum absolute atomic E-state index is 0.239. The average molecular weight is 312 g/mol. The van der Waals surface area contributed by atoms with Gasteiger partial charge in [0.05, 0.1) is 5.69 Å². The van der Waals surface area contributed by atoms with Crippen molar-refractivity contribution < 1.29 is 14.0 Å². The molecular weight excluding hydrogens is 296 g/mol. The number of nitrogens with zero attached hydrogens (tertiary/aromatic N) is 4. The number of rotatable bonds is 3. The van der Waals surface area contributed by atoms with Crippen molar-refractivity contribution in [1.29, 1.82) is 0 Å². The normalized spacial score (nSPS) is 13.0. The number of hydrogen-bond acceptors (Lipinski definition) is 6. The maximum Gasteiger partial charge on any atom is 0.231 e. The zero-order chi connectivity index (χ0) is 16.0. The van der Waals surface area contributed by atoms with Crippen LogP contribution in [0.3, 0.4) is 0 Å². The average Bonchev–Trinajstić information content (AvgIpc) is 3.24. The van der Waals surface area contributed by atoms with E-state index in [9.17, 15) is 0 Å². The second-order valence-corrected chi connectivity index (χ2v) is 5.70. The molecule has 0 saturated heterocycles. The van der Waals surface area contributed by atoms with Gasteiger partial charge in [-0.3, -0.25) is 0 Å². The van der Waals surface area contributed by atoms with Gasteiger partial charge in [-0.2, -0.15) is 5.10 Å². The first-order valence-corrected chi connectivity index (χ1v) is 7.42. The van der Waals surface area contributed by atoms with Crippen molar-refractivity contribution in [3.05, 3.63) is 35.9 Å². The fourth-order valence-corrected chi connectivity index (χ4v) is 2.44. The third-order valence-electron chi connectivity index (χ3n) is 3.64. The summed E-state index contributed by atoms with van der Waals surface area (Å²) in [4.78, 5) is 4.48. The molecule has 0 fully saturated rings. The van der Waals surface area contributed by atoms with E-state index in [0.29, 0.717) is 23.1 Å². The second kappa shape index (κ2) is 5.12. The van der Waals surface area contributed by atoms with Crippen LogP contribution in [0.5, 0.6) is 11.5 Å². The van der Waals surface area contributed by atoms with Crippen LogP contribution in [0.2, 0.25) is 0 Å². The van der Waals surface area contributed by atoms with Crippen LogP contribution in [0.25, 0.3) is 17.2 Å². The molecule has 0 radical (unpaired) electrons. The predicted octanol–water partition coefficient (Wildman–Crippen LogP) is 3.08. The lowest BCUT2D eigenvalue weighted by molar-refractivity contribution is 0.174. The Labute approximate surface area is 132 Å². The molecule has 0 saturated carbocycles. The molecule has 118 valence electrons. The Morgan fingerprint density at radius 3 is 2.74 bits per heavy atom. The number of aryl methyl sites for hydroxylation is 1. The van der Waals surface area contributed by atoms with Crippen LogP contribution >= 0.6 is 0 Å². The van der Waals surface area contributed by atoms with Gasteiger partial charge in [0.25, 0.3) is 0 Å². The minimum atomic E-state index is 0.239. The van der Waals surface area contributed by atoms with Gasteiger partial charge in [-0.15, -0.1) is 0 Å².